The van der Waals surface area contributed by atoms with Crippen LogP contribution in [0.4, 0.5) is 0 Å². The number of carboxylic acid groups (broad SMARTS) is 1. The Balaban J connectivity index is 2.47. The number of hydrogen-bond donors (Lipinski definition) is 1. The number of rotatable bonds is 5. The lowest BCUT2D eigenvalue weighted by atomic mass is 10.2. The highest BCUT2D eigenvalue weighted by Gasteiger charge is 2.12. The van der Waals surface area contributed by atoms with E-state index in [-0.39, 0.29) is 5.25 Å². The number of nitrogens with zero attached hydrogens (tertiary/aromatic N) is 1. The van der Waals surface area contributed by atoms with Crippen molar-refractivity contribution in [2.24, 2.45) is 0 Å². The Morgan fingerprint density at radius 3 is 2.73 bits per heavy atom. The molecule has 1 unspecified atom stereocenters. The molecule has 0 saturated carbocycles. The second-order valence-corrected chi connectivity index (χ2v) is 5.84. The van der Waals surface area contributed by atoms with Crippen LogP contribution in [0.1, 0.15) is 37.4 Å². The number of carbonyl (C=O) groups is 1. The van der Waals surface area contributed by atoms with Gasteiger partial charge in [0.15, 0.2) is 0 Å². The molecule has 0 radical (unpaired) electrons. The monoisotopic (exact) mass is 245 g/mol. The molecule has 5 heteroatoms. The Kier molecular flexibility index (Phi) is 4.60. The number of aliphatic carboxylic acids is 1. The van der Waals surface area contributed by atoms with Gasteiger partial charge in [-0.15, -0.1) is 23.1 Å². The fourth-order valence-electron chi connectivity index (χ4n) is 0.936. The molecule has 0 spiro atoms. The zero-order valence-corrected chi connectivity index (χ0v) is 10.7. The zero-order valence-electron chi connectivity index (χ0n) is 9.06. The van der Waals surface area contributed by atoms with Crippen LogP contribution >= 0.6 is 23.1 Å². The smallest absolute Gasteiger partial charge is 0.316 e. The standard InChI is InChI=1S/C10H15NO2S2/c1-6(2)9-11-8(5-15-9)4-14-7(3)10(12)13/h5-7H,4H2,1-3H3,(H,12,13). The Hall–Kier alpha value is -0.550. The fourth-order valence-corrected chi connectivity index (χ4v) is 2.59. The highest BCUT2D eigenvalue weighted by Crippen LogP contribution is 2.23. The van der Waals surface area contributed by atoms with E-state index in [9.17, 15) is 4.79 Å². The SMILES string of the molecule is CC(SCc1csc(C(C)C)n1)C(=O)O. The van der Waals surface area contributed by atoms with E-state index in [1.54, 1.807) is 18.3 Å². The van der Waals surface area contributed by atoms with Crippen molar-refractivity contribution in [3.8, 4) is 0 Å². The van der Waals surface area contributed by atoms with Crippen LogP contribution in [0.15, 0.2) is 5.38 Å². The third-order valence-corrected chi connectivity index (χ3v) is 4.25. The van der Waals surface area contributed by atoms with Crippen LogP contribution in [0.2, 0.25) is 0 Å². The number of hydrogen-bond acceptors (Lipinski definition) is 4. The number of thioether (sulfide) groups is 1. The predicted octanol–water partition coefficient (Wildman–Crippen LogP) is 2.97. The summed E-state index contributed by atoms with van der Waals surface area (Å²) in [6.07, 6.45) is 0. The molecule has 0 aliphatic rings. The van der Waals surface area contributed by atoms with Crippen LogP contribution < -0.4 is 0 Å². The van der Waals surface area contributed by atoms with Gasteiger partial charge in [0, 0.05) is 17.1 Å². The van der Waals surface area contributed by atoms with Gasteiger partial charge in [0.2, 0.25) is 0 Å². The van der Waals surface area contributed by atoms with Gasteiger partial charge in [-0.25, -0.2) is 4.98 Å². The first-order valence-corrected chi connectivity index (χ1v) is 6.72. The molecule has 0 bridgehead atoms. The van der Waals surface area contributed by atoms with E-state index in [2.05, 4.69) is 18.8 Å². The van der Waals surface area contributed by atoms with E-state index in [1.807, 2.05) is 5.38 Å². The average Bonchev–Trinajstić information content (AvgIpc) is 2.62. The van der Waals surface area contributed by atoms with E-state index >= 15 is 0 Å². The molecule has 0 saturated heterocycles. The molecule has 15 heavy (non-hydrogen) atoms. The Morgan fingerprint density at radius 2 is 2.27 bits per heavy atom. The lowest BCUT2D eigenvalue weighted by molar-refractivity contribution is -0.136. The summed E-state index contributed by atoms with van der Waals surface area (Å²) >= 11 is 3.05. The maximum atomic E-state index is 10.6. The summed E-state index contributed by atoms with van der Waals surface area (Å²) in [5.74, 6) is 0.362. The van der Waals surface area contributed by atoms with Crippen molar-refractivity contribution >= 4 is 29.1 Å². The van der Waals surface area contributed by atoms with Gasteiger partial charge in [-0.05, 0) is 6.92 Å². The average molecular weight is 245 g/mol. The summed E-state index contributed by atoms with van der Waals surface area (Å²) in [4.78, 5) is 15.0. The topological polar surface area (TPSA) is 50.2 Å². The Morgan fingerprint density at radius 1 is 1.60 bits per heavy atom. The number of aromatic nitrogens is 1. The second-order valence-electron chi connectivity index (χ2n) is 3.62. The molecular weight excluding hydrogens is 230 g/mol. The predicted molar refractivity (Wildman–Crippen MR) is 64.6 cm³/mol. The minimum atomic E-state index is -0.765. The van der Waals surface area contributed by atoms with Crippen molar-refractivity contribution in [3.05, 3.63) is 16.1 Å². The Labute approximate surface area is 97.9 Å². The van der Waals surface area contributed by atoms with Gasteiger partial charge in [0.25, 0.3) is 0 Å². The summed E-state index contributed by atoms with van der Waals surface area (Å²) in [5.41, 5.74) is 0.988. The first-order valence-electron chi connectivity index (χ1n) is 4.79. The minimum Gasteiger partial charge on any atom is -0.480 e. The van der Waals surface area contributed by atoms with Crippen molar-refractivity contribution in [1.82, 2.24) is 4.98 Å². The van der Waals surface area contributed by atoms with Gasteiger partial charge in [-0.3, -0.25) is 4.79 Å². The van der Waals surface area contributed by atoms with Crippen LogP contribution in [0.25, 0.3) is 0 Å². The van der Waals surface area contributed by atoms with E-state index < -0.39 is 5.97 Å². The summed E-state index contributed by atoms with van der Waals surface area (Å²) < 4.78 is 0. The van der Waals surface area contributed by atoms with Crippen molar-refractivity contribution in [3.63, 3.8) is 0 Å². The molecule has 1 heterocycles. The maximum Gasteiger partial charge on any atom is 0.316 e. The molecule has 3 nitrogen and oxygen atoms in total. The molecule has 1 aromatic rings. The zero-order chi connectivity index (χ0) is 11.4. The minimum absolute atomic E-state index is 0.366. The molecule has 0 aromatic carbocycles. The van der Waals surface area contributed by atoms with Gasteiger partial charge < -0.3 is 5.11 Å². The van der Waals surface area contributed by atoms with Crippen LogP contribution in [0.5, 0.6) is 0 Å². The highest BCUT2D eigenvalue weighted by molar-refractivity contribution is 7.99. The molecule has 1 rings (SSSR count). The summed E-state index contributed by atoms with van der Waals surface area (Å²) in [5, 5.41) is 11.5. The maximum absolute atomic E-state index is 10.6. The molecule has 1 atom stereocenters. The highest BCUT2D eigenvalue weighted by atomic mass is 32.2. The summed E-state index contributed by atoms with van der Waals surface area (Å²) in [7, 11) is 0. The van der Waals surface area contributed by atoms with Crippen LogP contribution in [0, 0.1) is 0 Å². The lowest BCUT2D eigenvalue weighted by Crippen LogP contribution is -2.11. The molecule has 1 N–H and O–H groups in total. The van der Waals surface area contributed by atoms with Crippen molar-refractivity contribution in [1.29, 1.82) is 0 Å². The molecule has 84 valence electrons. The first-order chi connectivity index (χ1) is 7.00. The van der Waals surface area contributed by atoms with Gasteiger partial charge in [0.1, 0.15) is 0 Å². The van der Waals surface area contributed by atoms with E-state index in [4.69, 9.17) is 5.11 Å². The summed E-state index contributed by atoms with van der Waals surface area (Å²) in [6.45, 7) is 5.91. The molecule has 0 aliphatic carbocycles. The van der Waals surface area contributed by atoms with Crippen molar-refractivity contribution in [2.45, 2.75) is 37.7 Å². The normalized spacial score (nSPS) is 13.1. The van der Waals surface area contributed by atoms with E-state index in [0.717, 1.165) is 10.7 Å². The third kappa shape index (κ3) is 3.83. The molecule has 1 aromatic heterocycles. The third-order valence-electron chi connectivity index (χ3n) is 1.89. The molecular formula is C10H15NO2S2. The van der Waals surface area contributed by atoms with Gasteiger partial charge in [-0.2, -0.15) is 0 Å². The van der Waals surface area contributed by atoms with Gasteiger partial charge in [0.05, 0.1) is 16.0 Å². The quantitative estimate of drug-likeness (QED) is 0.866. The molecule has 0 fully saturated rings. The molecule has 0 aliphatic heterocycles. The van der Waals surface area contributed by atoms with E-state index in [1.165, 1.54) is 11.8 Å². The van der Waals surface area contributed by atoms with Crippen LogP contribution in [0.3, 0.4) is 0 Å². The Bertz CT molecular complexity index is 336. The molecule has 0 amide bonds. The fraction of sp³-hybridized carbons (Fsp3) is 0.600. The van der Waals surface area contributed by atoms with E-state index in [0.29, 0.717) is 11.7 Å². The number of carboxylic acids is 1. The van der Waals surface area contributed by atoms with Crippen molar-refractivity contribution < 1.29 is 9.90 Å². The summed E-state index contributed by atoms with van der Waals surface area (Å²) in [6, 6.07) is 0. The van der Waals surface area contributed by atoms with Crippen molar-refractivity contribution in [2.75, 3.05) is 0 Å². The van der Waals surface area contributed by atoms with Gasteiger partial charge in [-0.1, -0.05) is 13.8 Å². The first kappa shape index (κ1) is 12.5. The lowest BCUT2D eigenvalue weighted by Gasteiger charge is -2.03. The number of thiazole rings is 1. The van der Waals surface area contributed by atoms with Gasteiger partial charge >= 0.3 is 5.97 Å². The van der Waals surface area contributed by atoms with Crippen LogP contribution in [-0.4, -0.2) is 21.3 Å². The second kappa shape index (κ2) is 5.51. The largest absolute Gasteiger partial charge is 0.480 e. The van der Waals surface area contributed by atoms with Crippen LogP contribution in [-0.2, 0) is 10.5 Å².